The van der Waals surface area contributed by atoms with Gasteiger partial charge in [-0.05, 0) is 50.0 Å². The molecule has 0 bridgehead atoms. The van der Waals surface area contributed by atoms with Crippen LogP contribution in [0.15, 0.2) is 30.3 Å². The number of nitrogens with two attached hydrogens (primary N) is 1. The van der Waals surface area contributed by atoms with Crippen molar-refractivity contribution < 1.29 is 9.59 Å². The van der Waals surface area contributed by atoms with E-state index in [4.69, 9.17) is 5.73 Å². The molecule has 4 rings (SSSR count). The van der Waals surface area contributed by atoms with Crippen LogP contribution in [0.1, 0.15) is 69.3 Å². The van der Waals surface area contributed by atoms with Crippen molar-refractivity contribution in [1.82, 2.24) is 10.2 Å². The first-order valence-corrected chi connectivity index (χ1v) is 11.5. The zero-order valence-corrected chi connectivity index (χ0v) is 17.4. The second kappa shape index (κ2) is 9.29. The van der Waals surface area contributed by atoms with Gasteiger partial charge in [-0.3, -0.25) is 9.59 Å². The van der Waals surface area contributed by atoms with Crippen molar-refractivity contribution in [2.45, 2.75) is 75.8 Å². The van der Waals surface area contributed by atoms with Gasteiger partial charge in [0.05, 0.1) is 0 Å². The molecular formula is C24H35N3O2. The molecule has 1 aromatic rings. The number of nitrogens with one attached hydrogen (secondary N) is 1. The third kappa shape index (κ3) is 5.00. The van der Waals surface area contributed by atoms with Gasteiger partial charge in [-0.2, -0.15) is 0 Å². The van der Waals surface area contributed by atoms with Crippen molar-refractivity contribution in [2.75, 3.05) is 13.1 Å². The standard InChI is InChI=1S/C24H35N3O2/c25-22-16-27(15-21(22)18-8-2-1-3-9-18)24(29)19-10-12-20(13-11-19)26-23(28)14-17-6-4-5-7-17/h1-3,8-9,17,19-22H,4-7,10-16,25H2,(H,26,28)/t19?,20?,21-,22+/m0/s1. The molecule has 1 aromatic carbocycles. The van der Waals surface area contributed by atoms with Gasteiger partial charge in [0.2, 0.25) is 11.8 Å². The smallest absolute Gasteiger partial charge is 0.225 e. The summed E-state index contributed by atoms with van der Waals surface area (Å²) in [6.07, 6.45) is 9.21. The van der Waals surface area contributed by atoms with Crippen molar-refractivity contribution in [1.29, 1.82) is 0 Å². The van der Waals surface area contributed by atoms with E-state index in [0.717, 1.165) is 32.2 Å². The van der Waals surface area contributed by atoms with Crippen LogP contribution < -0.4 is 11.1 Å². The van der Waals surface area contributed by atoms with Gasteiger partial charge < -0.3 is 16.0 Å². The second-order valence-corrected chi connectivity index (χ2v) is 9.39. The Labute approximate surface area is 174 Å². The molecule has 29 heavy (non-hydrogen) atoms. The summed E-state index contributed by atoms with van der Waals surface area (Å²) in [6, 6.07) is 10.6. The lowest BCUT2D eigenvalue weighted by atomic mass is 9.85. The third-order valence-corrected chi connectivity index (χ3v) is 7.29. The molecule has 1 heterocycles. The van der Waals surface area contributed by atoms with Crippen LogP contribution in [-0.4, -0.2) is 41.9 Å². The van der Waals surface area contributed by atoms with Crippen LogP contribution in [0.3, 0.4) is 0 Å². The highest BCUT2D eigenvalue weighted by molar-refractivity contribution is 5.80. The molecule has 2 amide bonds. The summed E-state index contributed by atoms with van der Waals surface area (Å²) in [7, 11) is 0. The number of hydrogen-bond donors (Lipinski definition) is 2. The molecular weight excluding hydrogens is 362 g/mol. The van der Waals surface area contributed by atoms with Crippen LogP contribution in [0.25, 0.3) is 0 Å². The molecule has 2 saturated carbocycles. The lowest BCUT2D eigenvalue weighted by Crippen LogP contribution is -2.42. The number of amides is 2. The summed E-state index contributed by atoms with van der Waals surface area (Å²) in [5, 5.41) is 3.23. The van der Waals surface area contributed by atoms with Crippen molar-refractivity contribution in [2.24, 2.45) is 17.6 Å². The first-order valence-electron chi connectivity index (χ1n) is 11.5. The van der Waals surface area contributed by atoms with Crippen LogP contribution in [-0.2, 0) is 9.59 Å². The first-order chi connectivity index (χ1) is 14.1. The van der Waals surface area contributed by atoms with E-state index < -0.39 is 0 Å². The summed E-state index contributed by atoms with van der Waals surface area (Å²) in [5.41, 5.74) is 7.60. The number of hydrogen-bond acceptors (Lipinski definition) is 3. The Hall–Kier alpha value is -1.88. The topological polar surface area (TPSA) is 75.4 Å². The minimum atomic E-state index is 0.00700. The van der Waals surface area contributed by atoms with Gasteiger partial charge in [0, 0.05) is 43.4 Å². The predicted molar refractivity (Wildman–Crippen MR) is 114 cm³/mol. The van der Waals surface area contributed by atoms with Gasteiger partial charge in [-0.1, -0.05) is 43.2 Å². The molecule has 0 aromatic heterocycles. The quantitative estimate of drug-likeness (QED) is 0.801. The fourth-order valence-electron chi connectivity index (χ4n) is 5.57. The SMILES string of the molecule is N[C@@H]1CN(C(=O)C2CCC(NC(=O)CC3CCCC3)CC2)C[C@H]1c1ccccc1. The van der Waals surface area contributed by atoms with Crippen LogP contribution >= 0.6 is 0 Å². The molecule has 158 valence electrons. The largest absolute Gasteiger partial charge is 0.353 e. The highest BCUT2D eigenvalue weighted by atomic mass is 16.2. The molecule has 3 aliphatic rings. The number of carbonyl (C=O) groups excluding carboxylic acids is 2. The van der Waals surface area contributed by atoms with E-state index in [1.165, 1.54) is 31.2 Å². The highest BCUT2D eigenvalue weighted by Gasteiger charge is 2.37. The number of benzene rings is 1. The number of carbonyl (C=O) groups is 2. The summed E-state index contributed by atoms with van der Waals surface area (Å²) >= 11 is 0. The Morgan fingerprint density at radius 1 is 0.966 bits per heavy atom. The maximum atomic E-state index is 13.1. The molecule has 1 saturated heterocycles. The molecule has 0 unspecified atom stereocenters. The maximum absolute atomic E-state index is 13.1. The van der Waals surface area contributed by atoms with Crippen molar-refractivity contribution in [3.8, 4) is 0 Å². The van der Waals surface area contributed by atoms with E-state index in [-0.39, 0.29) is 35.7 Å². The van der Waals surface area contributed by atoms with Gasteiger partial charge in [0.1, 0.15) is 0 Å². The first kappa shape index (κ1) is 20.4. The van der Waals surface area contributed by atoms with E-state index in [0.29, 0.717) is 18.9 Å². The average molecular weight is 398 g/mol. The Morgan fingerprint density at radius 2 is 1.66 bits per heavy atom. The number of likely N-dealkylation sites (tertiary alicyclic amines) is 1. The summed E-state index contributed by atoms with van der Waals surface area (Å²) in [5.74, 6) is 1.37. The van der Waals surface area contributed by atoms with Crippen molar-refractivity contribution >= 4 is 11.8 Å². The van der Waals surface area contributed by atoms with E-state index in [2.05, 4.69) is 17.4 Å². The molecule has 2 atom stereocenters. The summed E-state index contributed by atoms with van der Waals surface area (Å²) in [6.45, 7) is 1.37. The molecule has 3 N–H and O–H groups in total. The van der Waals surface area contributed by atoms with Crippen molar-refractivity contribution in [3.63, 3.8) is 0 Å². The normalized spacial score (nSPS) is 30.4. The van der Waals surface area contributed by atoms with Crippen LogP contribution in [0.4, 0.5) is 0 Å². The maximum Gasteiger partial charge on any atom is 0.225 e. The second-order valence-electron chi connectivity index (χ2n) is 9.39. The van der Waals surface area contributed by atoms with Gasteiger partial charge in [0.15, 0.2) is 0 Å². The Bertz CT molecular complexity index is 693. The van der Waals surface area contributed by atoms with E-state index in [9.17, 15) is 9.59 Å². The Balaban J connectivity index is 1.23. The van der Waals surface area contributed by atoms with Crippen molar-refractivity contribution in [3.05, 3.63) is 35.9 Å². The monoisotopic (exact) mass is 397 g/mol. The van der Waals surface area contributed by atoms with Gasteiger partial charge in [0.25, 0.3) is 0 Å². The number of rotatable bonds is 5. The summed E-state index contributed by atoms with van der Waals surface area (Å²) in [4.78, 5) is 27.3. The zero-order chi connectivity index (χ0) is 20.2. The molecule has 1 aliphatic heterocycles. The molecule has 5 heteroatoms. The third-order valence-electron chi connectivity index (χ3n) is 7.29. The van der Waals surface area contributed by atoms with Gasteiger partial charge >= 0.3 is 0 Å². The lowest BCUT2D eigenvalue weighted by molar-refractivity contribution is -0.135. The fourth-order valence-corrected chi connectivity index (χ4v) is 5.57. The molecule has 3 fully saturated rings. The van der Waals surface area contributed by atoms with Gasteiger partial charge in [-0.15, -0.1) is 0 Å². The molecule has 0 radical (unpaired) electrons. The number of nitrogens with zero attached hydrogens (tertiary/aromatic N) is 1. The minimum absolute atomic E-state index is 0.00700. The van der Waals surface area contributed by atoms with E-state index in [1.54, 1.807) is 0 Å². The van der Waals surface area contributed by atoms with E-state index >= 15 is 0 Å². The molecule has 5 nitrogen and oxygen atoms in total. The Kier molecular flexibility index (Phi) is 6.53. The van der Waals surface area contributed by atoms with Crippen LogP contribution in [0, 0.1) is 11.8 Å². The predicted octanol–water partition coefficient (Wildman–Crippen LogP) is 3.20. The van der Waals surface area contributed by atoms with Crippen LogP contribution in [0.2, 0.25) is 0 Å². The lowest BCUT2D eigenvalue weighted by Gasteiger charge is -2.31. The van der Waals surface area contributed by atoms with E-state index in [1.807, 2.05) is 23.1 Å². The average Bonchev–Trinajstić information content (AvgIpc) is 3.38. The summed E-state index contributed by atoms with van der Waals surface area (Å²) < 4.78 is 0. The van der Waals surface area contributed by atoms with Crippen LogP contribution in [0.5, 0.6) is 0 Å². The fraction of sp³-hybridized carbons (Fsp3) is 0.667. The molecule has 2 aliphatic carbocycles. The molecule has 0 spiro atoms. The minimum Gasteiger partial charge on any atom is -0.353 e. The zero-order valence-electron chi connectivity index (χ0n) is 17.4. The highest BCUT2D eigenvalue weighted by Crippen LogP contribution is 2.32. The van der Waals surface area contributed by atoms with Gasteiger partial charge in [-0.25, -0.2) is 0 Å². The Morgan fingerprint density at radius 3 is 2.34 bits per heavy atom.